The zero-order valence-electron chi connectivity index (χ0n) is 20.8. The van der Waals surface area contributed by atoms with Gasteiger partial charge in [0.2, 0.25) is 11.2 Å². The average molecular weight is 491 g/mol. The molecule has 0 aromatic heterocycles. The summed E-state index contributed by atoms with van der Waals surface area (Å²) in [7, 11) is 0. The van der Waals surface area contributed by atoms with Crippen LogP contribution in [0.3, 0.4) is 0 Å². The fraction of sp³-hybridized carbons (Fsp3) is 0.188. The van der Waals surface area contributed by atoms with Crippen molar-refractivity contribution >= 4 is 0 Å². The van der Waals surface area contributed by atoms with Crippen molar-refractivity contribution in [1.29, 1.82) is 5.39 Å². The molecule has 0 amide bonds. The summed E-state index contributed by atoms with van der Waals surface area (Å²) in [6.45, 7) is 1.62. The van der Waals surface area contributed by atoms with Gasteiger partial charge >= 0.3 is 6.20 Å². The van der Waals surface area contributed by atoms with Gasteiger partial charge in [-0.05, 0) is 28.7 Å². The molecule has 2 atom stereocenters. The Morgan fingerprint density at radius 2 is 1.14 bits per heavy atom. The van der Waals surface area contributed by atoms with E-state index in [1.165, 1.54) is 0 Å². The molecule has 4 rings (SSSR count). The lowest BCUT2D eigenvalue weighted by Crippen LogP contribution is -2.46. The molecular weight excluding hydrogens is 458 g/mol. The molecule has 4 aromatic carbocycles. The Labute approximate surface area is 218 Å². The van der Waals surface area contributed by atoms with E-state index < -0.39 is 6.10 Å². The van der Waals surface area contributed by atoms with Gasteiger partial charge in [0, 0.05) is 19.1 Å². The minimum atomic E-state index is -0.733. The summed E-state index contributed by atoms with van der Waals surface area (Å²) in [4.78, 5) is 5.45. The number of rotatable bonds is 12. The molecule has 0 saturated carbocycles. The van der Waals surface area contributed by atoms with Gasteiger partial charge in [0.1, 0.15) is 6.10 Å². The minimum Gasteiger partial charge on any atom is -0.504 e. The molecule has 1 N–H and O–H groups in total. The van der Waals surface area contributed by atoms with E-state index in [0.717, 1.165) is 28.5 Å². The maximum atomic E-state index is 11.1. The fourth-order valence-corrected chi connectivity index (χ4v) is 4.50. The molecule has 186 valence electrons. The van der Waals surface area contributed by atoms with Crippen LogP contribution in [-0.2, 0) is 30.9 Å². The van der Waals surface area contributed by atoms with Gasteiger partial charge in [0.15, 0.2) is 4.98 Å². The van der Waals surface area contributed by atoms with Crippen LogP contribution in [0, 0.1) is 5.39 Å². The lowest BCUT2D eigenvalue weighted by molar-refractivity contribution is -0.0286. The van der Waals surface area contributed by atoms with E-state index in [1.54, 1.807) is 0 Å². The van der Waals surface area contributed by atoms with Crippen molar-refractivity contribution < 1.29 is 9.84 Å². The third-order valence-corrected chi connectivity index (χ3v) is 6.32. The minimum absolute atomic E-state index is 0.120. The second-order valence-electron chi connectivity index (χ2n) is 9.02. The SMILES string of the molecule is N#[N+]/C=C(/O)[C@H](OCc1ccccc1)[C@H](Cc1ccccc1)N(Cc1ccccc1)Cc1ccccc1. The highest BCUT2D eigenvalue weighted by Crippen LogP contribution is 2.25. The van der Waals surface area contributed by atoms with Gasteiger partial charge in [-0.25, -0.2) is 0 Å². The summed E-state index contributed by atoms with van der Waals surface area (Å²) in [6.07, 6.45) is 0.962. The molecule has 0 spiro atoms. The Morgan fingerprint density at radius 3 is 1.59 bits per heavy atom. The van der Waals surface area contributed by atoms with E-state index in [1.807, 2.05) is 84.9 Å². The zero-order valence-corrected chi connectivity index (χ0v) is 20.8. The lowest BCUT2D eigenvalue weighted by Gasteiger charge is -2.36. The molecule has 0 unspecified atom stereocenters. The topological polar surface area (TPSA) is 60.9 Å². The molecule has 0 heterocycles. The van der Waals surface area contributed by atoms with Crippen LogP contribution in [0.15, 0.2) is 133 Å². The van der Waals surface area contributed by atoms with Crippen LogP contribution in [0.2, 0.25) is 0 Å². The number of diazo groups is 1. The number of aliphatic hydroxyl groups excluding tert-OH is 1. The van der Waals surface area contributed by atoms with Gasteiger partial charge in [-0.3, -0.25) is 4.90 Å². The molecule has 0 aliphatic rings. The normalized spacial score (nSPS) is 13.1. The molecule has 0 aliphatic heterocycles. The third kappa shape index (κ3) is 7.88. The van der Waals surface area contributed by atoms with Crippen LogP contribution in [0.25, 0.3) is 4.98 Å². The standard InChI is InChI=1S/C32H31N3O2/c33-34-22-31(36)32(37-25-29-19-11-4-12-20-29)30(21-26-13-5-1-6-14-26)35(23-27-15-7-2-8-16-27)24-28-17-9-3-10-18-28/h1-20,22,30,32H,21,23-25H2/p+1/b31-22+/t30-,32+/m0/s1. The maximum absolute atomic E-state index is 11.1. The van der Waals surface area contributed by atoms with Gasteiger partial charge in [-0.15, -0.1) is 0 Å². The highest BCUT2D eigenvalue weighted by atomic mass is 16.5. The molecule has 0 aliphatic carbocycles. The molecule has 0 radical (unpaired) electrons. The molecule has 0 saturated heterocycles. The summed E-state index contributed by atoms with van der Waals surface area (Å²) in [5.41, 5.74) is 4.44. The Kier molecular flexibility index (Phi) is 9.60. The van der Waals surface area contributed by atoms with Crippen molar-refractivity contribution in [2.24, 2.45) is 0 Å². The Bertz CT molecular complexity index is 1230. The predicted octanol–water partition coefficient (Wildman–Crippen LogP) is 7.14. The van der Waals surface area contributed by atoms with Gasteiger partial charge in [-0.2, -0.15) is 0 Å². The largest absolute Gasteiger partial charge is 0.504 e. The second-order valence-corrected chi connectivity index (χ2v) is 9.02. The Hall–Kier alpha value is -4.24. The first kappa shape index (κ1) is 25.8. The van der Waals surface area contributed by atoms with Crippen LogP contribution in [0.5, 0.6) is 0 Å². The van der Waals surface area contributed by atoms with E-state index >= 15 is 0 Å². The quantitative estimate of drug-likeness (QED) is 0.169. The number of benzene rings is 4. The number of aliphatic hydroxyl groups is 1. The monoisotopic (exact) mass is 490 g/mol. The zero-order chi connectivity index (χ0) is 25.7. The van der Waals surface area contributed by atoms with Crippen molar-refractivity contribution in [2.45, 2.75) is 38.3 Å². The molecule has 0 fully saturated rings. The van der Waals surface area contributed by atoms with Crippen LogP contribution in [0.1, 0.15) is 22.3 Å². The summed E-state index contributed by atoms with van der Waals surface area (Å²) in [6, 6.07) is 40.4. The van der Waals surface area contributed by atoms with E-state index in [-0.39, 0.29) is 11.8 Å². The third-order valence-electron chi connectivity index (χ3n) is 6.32. The average Bonchev–Trinajstić information content (AvgIpc) is 2.95. The Balaban J connectivity index is 1.74. The molecule has 5 nitrogen and oxygen atoms in total. The number of nitrogens with zero attached hydrogens (tertiary/aromatic N) is 3. The van der Waals surface area contributed by atoms with Gasteiger partial charge in [-0.1, -0.05) is 121 Å². The summed E-state index contributed by atoms with van der Waals surface area (Å²) < 4.78 is 6.40. The second kappa shape index (κ2) is 13.7. The fourth-order valence-electron chi connectivity index (χ4n) is 4.50. The molecule has 5 heteroatoms. The first-order valence-corrected chi connectivity index (χ1v) is 12.5. The molecule has 4 aromatic rings. The van der Waals surface area contributed by atoms with Gasteiger partial charge < -0.3 is 9.84 Å². The first-order valence-electron chi connectivity index (χ1n) is 12.5. The number of hydrogen-bond donors (Lipinski definition) is 1. The number of hydrogen-bond acceptors (Lipinski definition) is 4. The Morgan fingerprint density at radius 1 is 0.703 bits per heavy atom. The van der Waals surface area contributed by atoms with E-state index in [0.29, 0.717) is 26.1 Å². The van der Waals surface area contributed by atoms with Crippen molar-refractivity contribution in [1.82, 2.24) is 4.90 Å². The first-order chi connectivity index (χ1) is 18.2. The van der Waals surface area contributed by atoms with Gasteiger partial charge in [0.25, 0.3) is 0 Å². The van der Waals surface area contributed by atoms with Crippen LogP contribution >= 0.6 is 0 Å². The lowest BCUT2D eigenvalue weighted by atomic mass is 9.96. The van der Waals surface area contributed by atoms with E-state index in [4.69, 9.17) is 4.74 Å². The molecular formula is C32H32N3O2+. The van der Waals surface area contributed by atoms with Crippen LogP contribution in [-0.4, -0.2) is 22.2 Å². The van der Waals surface area contributed by atoms with Crippen LogP contribution in [0.4, 0.5) is 0 Å². The highest BCUT2D eigenvalue weighted by molar-refractivity contribution is 5.22. The summed E-state index contributed by atoms with van der Waals surface area (Å²) in [5, 5.41) is 20.3. The van der Waals surface area contributed by atoms with Crippen molar-refractivity contribution in [3.8, 4) is 0 Å². The van der Waals surface area contributed by atoms with E-state index in [9.17, 15) is 10.5 Å². The van der Waals surface area contributed by atoms with Crippen LogP contribution < -0.4 is 0 Å². The summed E-state index contributed by atoms with van der Waals surface area (Å²) in [5.74, 6) is -0.120. The van der Waals surface area contributed by atoms with Crippen molar-refractivity contribution in [3.63, 3.8) is 0 Å². The predicted molar refractivity (Wildman–Crippen MR) is 147 cm³/mol. The van der Waals surface area contributed by atoms with Gasteiger partial charge in [0.05, 0.1) is 6.61 Å². The highest BCUT2D eigenvalue weighted by Gasteiger charge is 2.34. The maximum Gasteiger partial charge on any atom is 0.390 e. The van der Waals surface area contributed by atoms with E-state index in [2.05, 4.69) is 46.3 Å². The van der Waals surface area contributed by atoms with Crippen molar-refractivity contribution in [2.75, 3.05) is 0 Å². The smallest absolute Gasteiger partial charge is 0.390 e. The number of ether oxygens (including phenoxy) is 1. The van der Waals surface area contributed by atoms with Crippen molar-refractivity contribution in [3.05, 3.63) is 161 Å². The molecule has 0 bridgehead atoms. The summed E-state index contributed by atoms with van der Waals surface area (Å²) >= 11 is 0. The molecule has 37 heavy (non-hydrogen) atoms.